The minimum Gasteiger partial charge on any atom is -0.494 e. The second-order valence-corrected chi connectivity index (χ2v) is 4.32. The van der Waals surface area contributed by atoms with Crippen LogP contribution in [0.5, 0.6) is 5.75 Å². The van der Waals surface area contributed by atoms with Gasteiger partial charge in [0.05, 0.1) is 6.61 Å². The molecule has 0 aromatic heterocycles. The molecule has 0 unspecified atom stereocenters. The third-order valence-electron chi connectivity index (χ3n) is 2.89. The number of ether oxygens (including phenoxy) is 1. The molecule has 0 aliphatic rings. The Balaban J connectivity index is 2.68. The summed E-state index contributed by atoms with van der Waals surface area (Å²) in [6.07, 6.45) is 0. The van der Waals surface area contributed by atoms with Crippen LogP contribution in [0.15, 0.2) is 35.4 Å². The molecule has 0 atom stereocenters. The number of rotatable bonds is 6. The predicted octanol–water partition coefficient (Wildman–Crippen LogP) is 2.12. The van der Waals surface area contributed by atoms with E-state index in [4.69, 9.17) is 9.84 Å². The van der Waals surface area contributed by atoms with Gasteiger partial charge in [-0.15, -0.1) is 0 Å². The zero-order chi connectivity index (χ0) is 15.1. The maximum absolute atomic E-state index is 11.8. The molecule has 0 saturated heterocycles. The number of carboxylic acids is 1. The molecule has 0 heterocycles. The smallest absolute Gasteiger partial charge is 0.331 e. The van der Waals surface area contributed by atoms with Crippen LogP contribution < -0.4 is 10.1 Å². The maximum atomic E-state index is 11.8. The normalized spacial score (nSPS) is 11.6. The van der Waals surface area contributed by atoms with E-state index in [9.17, 15) is 9.59 Å². The van der Waals surface area contributed by atoms with Crippen molar-refractivity contribution in [3.05, 3.63) is 41.0 Å². The average Bonchev–Trinajstić information content (AvgIpc) is 2.43. The Morgan fingerprint density at radius 1 is 1.25 bits per heavy atom. The molecular weight excluding hydrogens is 258 g/mol. The minimum atomic E-state index is -1.09. The van der Waals surface area contributed by atoms with Crippen molar-refractivity contribution in [3.63, 3.8) is 0 Å². The van der Waals surface area contributed by atoms with Crippen LogP contribution in [0.4, 0.5) is 0 Å². The van der Waals surface area contributed by atoms with E-state index in [-0.39, 0.29) is 17.1 Å². The lowest BCUT2D eigenvalue weighted by atomic mass is 10.1. The van der Waals surface area contributed by atoms with E-state index in [1.165, 1.54) is 13.8 Å². The molecule has 1 amide bonds. The summed E-state index contributed by atoms with van der Waals surface area (Å²) in [7, 11) is 0. The topological polar surface area (TPSA) is 75.6 Å². The lowest BCUT2D eigenvalue weighted by Crippen LogP contribution is -2.25. The van der Waals surface area contributed by atoms with Crippen molar-refractivity contribution in [3.8, 4) is 5.75 Å². The molecule has 0 radical (unpaired) electrons. The summed E-state index contributed by atoms with van der Waals surface area (Å²) < 4.78 is 5.37. The lowest BCUT2D eigenvalue weighted by molar-refractivity contribution is -0.133. The van der Waals surface area contributed by atoms with Gasteiger partial charge in [-0.05, 0) is 38.5 Å². The summed E-state index contributed by atoms with van der Waals surface area (Å²) in [5, 5.41) is 11.5. The second kappa shape index (κ2) is 7.33. The zero-order valence-electron chi connectivity index (χ0n) is 11.9. The molecule has 0 aliphatic carbocycles. The molecule has 5 heteroatoms. The number of nitrogens with one attached hydrogen (secondary N) is 1. The molecule has 0 spiro atoms. The molecule has 2 N–H and O–H groups in total. The Morgan fingerprint density at radius 3 is 2.55 bits per heavy atom. The molecule has 0 saturated carbocycles. The lowest BCUT2D eigenvalue weighted by Gasteiger charge is -2.09. The van der Waals surface area contributed by atoms with Gasteiger partial charge >= 0.3 is 5.97 Å². The second-order valence-electron chi connectivity index (χ2n) is 4.32. The van der Waals surface area contributed by atoms with Gasteiger partial charge in [0.2, 0.25) is 5.91 Å². The van der Waals surface area contributed by atoms with Crippen LogP contribution in [-0.2, 0) is 16.1 Å². The summed E-state index contributed by atoms with van der Waals surface area (Å²) in [5.41, 5.74) is 1.15. The monoisotopic (exact) mass is 277 g/mol. The van der Waals surface area contributed by atoms with Crippen LogP contribution in [0.3, 0.4) is 0 Å². The number of carboxylic acid groups (broad SMARTS) is 1. The van der Waals surface area contributed by atoms with Crippen molar-refractivity contribution in [2.45, 2.75) is 27.3 Å². The van der Waals surface area contributed by atoms with Gasteiger partial charge in [0.1, 0.15) is 5.75 Å². The number of hydrogen-bond donors (Lipinski definition) is 2. The van der Waals surface area contributed by atoms with Crippen molar-refractivity contribution >= 4 is 11.9 Å². The highest BCUT2D eigenvalue weighted by Crippen LogP contribution is 2.13. The Bertz CT molecular complexity index is 534. The van der Waals surface area contributed by atoms with E-state index in [0.29, 0.717) is 13.2 Å². The van der Waals surface area contributed by atoms with Gasteiger partial charge in [-0.1, -0.05) is 12.1 Å². The van der Waals surface area contributed by atoms with Crippen LogP contribution in [0.25, 0.3) is 0 Å². The van der Waals surface area contributed by atoms with Gasteiger partial charge in [-0.25, -0.2) is 4.79 Å². The molecular formula is C15H19NO4. The van der Waals surface area contributed by atoms with E-state index in [0.717, 1.165) is 11.3 Å². The Labute approximate surface area is 118 Å². The fourth-order valence-electron chi connectivity index (χ4n) is 1.56. The Kier molecular flexibility index (Phi) is 5.77. The highest BCUT2D eigenvalue weighted by atomic mass is 16.5. The molecule has 0 aliphatic heterocycles. The summed E-state index contributed by atoms with van der Waals surface area (Å²) in [6, 6.07) is 7.39. The number of carbonyl (C=O) groups excluding carboxylic acids is 1. The third-order valence-corrected chi connectivity index (χ3v) is 2.89. The molecule has 5 nitrogen and oxygen atoms in total. The largest absolute Gasteiger partial charge is 0.494 e. The van der Waals surface area contributed by atoms with Gasteiger partial charge in [0.25, 0.3) is 0 Å². The zero-order valence-corrected chi connectivity index (χ0v) is 11.9. The van der Waals surface area contributed by atoms with E-state index >= 15 is 0 Å². The third kappa shape index (κ3) is 4.42. The van der Waals surface area contributed by atoms with Gasteiger partial charge in [-0.2, -0.15) is 0 Å². The Hall–Kier alpha value is -2.30. The number of benzene rings is 1. The first-order chi connectivity index (χ1) is 9.45. The molecule has 1 aromatic carbocycles. The van der Waals surface area contributed by atoms with E-state index < -0.39 is 5.97 Å². The van der Waals surface area contributed by atoms with Gasteiger partial charge in [-0.3, -0.25) is 4.79 Å². The summed E-state index contributed by atoms with van der Waals surface area (Å²) in [6.45, 7) is 5.71. The Morgan fingerprint density at radius 2 is 1.95 bits per heavy atom. The first-order valence-corrected chi connectivity index (χ1v) is 6.36. The molecule has 108 valence electrons. The van der Waals surface area contributed by atoms with Crippen molar-refractivity contribution in [2.24, 2.45) is 0 Å². The van der Waals surface area contributed by atoms with Crippen molar-refractivity contribution in [2.75, 3.05) is 6.61 Å². The summed E-state index contributed by atoms with van der Waals surface area (Å²) in [4.78, 5) is 22.6. The summed E-state index contributed by atoms with van der Waals surface area (Å²) in [5.74, 6) is -0.726. The summed E-state index contributed by atoms with van der Waals surface area (Å²) >= 11 is 0. The van der Waals surface area contributed by atoms with Crippen molar-refractivity contribution < 1.29 is 19.4 Å². The highest BCUT2D eigenvalue weighted by molar-refractivity contribution is 6.01. The van der Waals surface area contributed by atoms with E-state index in [2.05, 4.69) is 5.32 Å². The quantitative estimate of drug-likeness (QED) is 0.781. The van der Waals surface area contributed by atoms with E-state index in [1.807, 2.05) is 31.2 Å². The average molecular weight is 277 g/mol. The van der Waals surface area contributed by atoms with Crippen molar-refractivity contribution in [1.82, 2.24) is 5.32 Å². The minimum absolute atomic E-state index is 0.0468. The number of hydrogen-bond acceptors (Lipinski definition) is 3. The maximum Gasteiger partial charge on any atom is 0.331 e. The SMILES string of the molecule is CCOc1cccc(CNC(=O)C(C)=C(C)C(=O)O)c1. The van der Waals surface area contributed by atoms with Crippen molar-refractivity contribution in [1.29, 1.82) is 0 Å². The van der Waals surface area contributed by atoms with Crippen LogP contribution in [-0.4, -0.2) is 23.6 Å². The van der Waals surface area contributed by atoms with Crippen LogP contribution in [0, 0.1) is 0 Å². The molecule has 0 bridgehead atoms. The van der Waals surface area contributed by atoms with Gasteiger partial charge < -0.3 is 15.2 Å². The number of amides is 1. The molecule has 1 rings (SSSR count). The number of aliphatic carboxylic acids is 1. The number of carbonyl (C=O) groups is 2. The fraction of sp³-hybridized carbons (Fsp3) is 0.333. The first kappa shape index (κ1) is 15.8. The standard InChI is InChI=1S/C15H19NO4/c1-4-20-13-7-5-6-12(8-13)9-16-14(17)10(2)11(3)15(18)19/h5-8H,4,9H2,1-3H3,(H,16,17)(H,18,19). The molecule has 1 aromatic rings. The predicted molar refractivity (Wildman–Crippen MR) is 75.5 cm³/mol. The van der Waals surface area contributed by atoms with E-state index in [1.54, 1.807) is 0 Å². The molecule has 20 heavy (non-hydrogen) atoms. The van der Waals surface area contributed by atoms with Crippen LogP contribution >= 0.6 is 0 Å². The highest BCUT2D eigenvalue weighted by Gasteiger charge is 2.12. The van der Waals surface area contributed by atoms with Gasteiger partial charge in [0, 0.05) is 17.7 Å². The van der Waals surface area contributed by atoms with Crippen LogP contribution in [0.2, 0.25) is 0 Å². The first-order valence-electron chi connectivity index (χ1n) is 6.36. The van der Waals surface area contributed by atoms with Gasteiger partial charge in [0.15, 0.2) is 0 Å². The molecule has 0 fully saturated rings. The van der Waals surface area contributed by atoms with Crippen LogP contribution in [0.1, 0.15) is 26.3 Å². The fourth-order valence-corrected chi connectivity index (χ4v) is 1.56.